The third kappa shape index (κ3) is 3.29. The monoisotopic (exact) mass is 235 g/mol. The van der Waals surface area contributed by atoms with E-state index in [1.54, 1.807) is 12.1 Å². The Kier molecular flexibility index (Phi) is 3.53. The second-order valence-electron chi connectivity index (χ2n) is 6.08. The molecule has 0 saturated carbocycles. The highest BCUT2D eigenvalue weighted by atomic mass is 19.1. The first-order valence-electron chi connectivity index (χ1n) is 6.47. The molecule has 1 aromatic carbocycles. The summed E-state index contributed by atoms with van der Waals surface area (Å²) < 4.78 is 13.6. The molecule has 1 aliphatic heterocycles. The van der Waals surface area contributed by atoms with E-state index in [1.165, 1.54) is 12.8 Å². The van der Waals surface area contributed by atoms with Gasteiger partial charge in [-0.2, -0.15) is 0 Å². The summed E-state index contributed by atoms with van der Waals surface area (Å²) in [5.41, 5.74) is 2.21. The highest BCUT2D eigenvalue weighted by Gasteiger charge is 2.17. The lowest BCUT2D eigenvalue weighted by molar-refractivity contribution is 0.330. The van der Waals surface area contributed by atoms with E-state index in [1.807, 2.05) is 0 Å². The van der Waals surface area contributed by atoms with Crippen molar-refractivity contribution >= 4 is 0 Å². The first-order valence-corrected chi connectivity index (χ1v) is 6.47. The molecule has 1 aliphatic rings. The molecular weight excluding hydrogens is 213 g/mol. The van der Waals surface area contributed by atoms with Gasteiger partial charge in [-0.25, -0.2) is 4.39 Å². The van der Waals surface area contributed by atoms with Gasteiger partial charge in [0.15, 0.2) is 0 Å². The van der Waals surface area contributed by atoms with E-state index in [2.05, 4.69) is 31.7 Å². The summed E-state index contributed by atoms with van der Waals surface area (Å²) in [4.78, 5) is 2.40. The van der Waals surface area contributed by atoms with Crippen LogP contribution in [0.1, 0.15) is 44.7 Å². The smallest absolute Gasteiger partial charge is 0.123 e. The zero-order valence-corrected chi connectivity index (χ0v) is 11.1. The molecule has 0 radical (unpaired) electrons. The van der Waals surface area contributed by atoms with E-state index in [4.69, 9.17) is 0 Å². The number of hydrogen-bond acceptors (Lipinski definition) is 1. The Bertz CT molecular complexity index is 386. The molecule has 0 aliphatic carbocycles. The first kappa shape index (κ1) is 12.6. The minimum absolute atomic E-state index is 0.0157. The summed E-state index contributed by atoms with van der Waals surface area (Å²) in [6.45, 7) is 9.58. The number of benzene rings is 1. The average Bonchev–Trinajstić information content (AvgIpc) is 2.68. The van der Waals surface area contributed by atoms with E-state index in [0.717, 1.165) is 30.8 Å². The van der Waals surface area contributed by atoms with E-state index in [0.29, 0.717) is 0 Å². The van der Waals surface area contributed by atoms with Gasteiger partial charge in [0, 0.05) is 6.54 Å². The molecule has 2 heteroatoms. The minimum Gasteiger partial charge on any atom is -0.299 e. The molecule has 2 rings (SSSR count). The van der Waals surface area contributed by atoms with Gasteiger partial charge in [-0.3, -0.25) is 4.90 Å². The lowest BCUT2D eigenvalue weighted by Crippen LogP contribution is -2.19. The minimum atomic E-state index is -0.105. The average molecular weight is 235 g/mol. The molecule has 0 bridgehead atoms. The quantitative estimate of drug-likeness (QED) is 0.755. The third-order valence-electron chi connectivity index (χ3n) is 3.43. The Labute approximate surface area is 104 Å². The summed E-state index contributed by atoms with van der Waals surface area (Å²) in [7, 11) is 0. The molecular formula is C15H22FN. The fraction of sp³-hybridized carbons (Fsp3) is 0.600. The van der Waals surface area contributed by atoms with E-state index in [-0.39, 0.29) is 11.2 Å². The third-order valence-corrected chi connectivity index (χ3v) is 3.43. The standard InChI is InChI=1S/C15H22FN/c1-15(2,3)13-8-12(9-14(16)10-13)11-17-6-4-5-7-17/h8-10H,4-7,11H2,1-3H3. The largest absolute Gasteiger partial charge is 0.299 e. The molecule has 0 aromatic heterocycles. The van der Waals surface area contributed by atoms with Crippen LogP contribution in [0.15, 0.2) is 18.2 Å². The summed E-state index contributed by atoms with van der Waals surface area (Å²) in [6, 6.07) is 5.49. The van der Waals surface area contributed by atoms with Gasteiger partial charge in [0.2, 0.25) is 0 Å². The van der Waals surface area contributed by atoms with Crippen LogP contribution >= 0.6 is 0 Å². The van der Waals surface area contributed by atoms with Gasteiger partial charge in [-0.05, 0) is 54.6 Å². The number of halogens is 1. The molecule has 0 unspecified atom stereocenters. The van der Waals surface area contributed by atoms with E-state index < -0.39 is 0 Å². The van der Waals surface area contributed by atoms with Crippen molar-refractivity contribution in [2.45, 2.75) is 45.6 Å². The summed E-state index contributed by atoms with van der Waals surface area (Å²) in [5, 5.41) is 0. The van der Waals surface area contributed by atoms with Crippen LogP contribution in [-0.4, -0.2) is 18.0 Å². The van der Waals surface area contributed by atoms with Crippen molar-refractivity contribution in [2.24, 2.45) is 0 Å². The van der Waals surface area contributed by atoms with Gasteiger partial charge >= 0.3 is 0 Å². The topological polar surface area (TPSA) is 3.24 Å². The van der Waals surface area contributed by atoms with Crippen molar-refractivity contribution in [3.63, 3.8) is 0 Å². The summed E-state index contributed by atoms with van der Waals surface area (Å²) in [6.07, 6.45) is 2.56. The van der Waals surface area contributed by atoms with Crippen molar-refractivity contribution in [1.29, 1.82) is 0 Å². The SMILES string of the molecule is CC(C)(C)c1cc(F)cc(CN2CCCC2)c1. The number of rotatable bonds is 2. The Morgan fingerprint density at radius 1 is 1.12 bits per heavy atom. The second kappa shape index (κ2) is 4.77. The summed E-state index contributed by atoms with van der Waals surface area (Å²) >= 11 is 0. The fourth-order valence-electron chi connectivity index (χ4n) is 2.37. The molecule has 0 amide bonds. The van der Waals surface area contributed by atoms with Crippen LogP contribution in [0, 0.1) is 5.82 Å². The van der Waals surface area contributed by atoms with E-state index >= 15 is 0 Å². The van der Waals surface area contributed by atoms with Crippen molar-refractivity contribution in [2.75, 3.05) is 13.1 Å². The van der Waals surface area contributed by atoms with Gasteiger partial charge in [0.1, 0.15) is 5.82 Å². The Morgan fingerprint density at radius 3 is 2.35 bits per heavy atom. The highest BCUT2D eigenvalue weighted by molar-refractivity contribution is 5.29. The molecule has 1 aromatic rings. The molecule has 0 atom stereocenters. The van der Waals surface area contributed by atoms with Gasteiger partial charge in [-0.1, -0.05) is 26.8 Å². The molecule has 17 heavy (non-hydrogen) atoms. The van der Waals surface area contributed by atoms with Crippen LogP contribution < -0.4 is 0 Å². The van der Waals surface area contributed by atoms with Crippen LogP contribution in [0.25, 0.3) is 0 Å². The van der Waals surface area contributed by atoms with Gasteiger partial charge in [0.25, 0.3) is 0 Å². The van der Waals surface area contributed by atoms with Crippen molar-refractivity contribution < 1.29 is 4.39 Å². The van der Waals surface area contributed by atoms with Crippen LogP contribution in [0.4, 0.5) is 4.39 Å². The molecule has 1 nitrogen and oxygen atoms in total. The zero-order chi connectivity index (χ0) is 12.5. The van der Waals surface area contributed by atoms with Gasteiger partial charge in [-0.15, -0.1) is 0 Å². The molecule has 1 fully saturated rings. The highest BCUT2D eigenvalue weighted by Crippen LogP contribution is 2.25. The van der Waals surface area contributed by atoms with Crippen LogP contribution in [0.3, 0.4) is 0 Å². The molecule has 0 N–H and O–H groups in total. The van der Waals surface area contributed by atoms with E-state index in [9.17, 15) is 4.39 Å². The Balaban J connectivity index is 2.19. The van der Waals surface area contributed by atoms with Gasteiger partial charge in [0.05, 0.1) is 0 Å². The number of nitrogens with zero attached hydrogens (tertiary/aromatic N) is 1. The molecule has 94 valence electrons. The van der Waals surface area contributed by atoms with Crippen molar-refractivity contribution in [1.82, 2.24) is 4.90 Å². The van der Waals surface area contributed by atoms with Crippen molar-refractivity contribution in [3.05, 3.63) is 35.1 Å². The second-order valence-corrected chi connectivity index (χ2v) is 6.08. The van der Waals surface area contributed by atoms with Crippen LogP contribution in [0.5, 0.6) is 0 Å². The van der Waals surface area contributed by atoms with Crippen LogP contribution in [-0.2, 0) is 12.0 Å². The zero-order valence-electron chi connectivity index (χ0n) is 11.1. The van der Waals surface area contributed by atoms with Crippen molar-refractivity contribution in [3.8, 4) is 0 Å². The lowest BCUT2D eigenvalue weighted by Gasteiger charge is -2.21. The normalized spacial score (nSPS) is 17.6. The Morgan fingerprint density at radius 2 is 1.76 bits per heavy atom. The Hall–Kier alpha value is -0.890. The fourth-order valence-corrected chi connectivity index (χ4v) is 2.37. The lowest BCUT2D eigenvalue weighted by atomic mass is 9.86. The maximum Gasteiger partial charge on any atom is 0.123 e. The molecule has 1 heterocycles. The maximum atomic E-state index is 13.6. The molecule has 1 saturated heterocycles. The maximum absolute atomic E-state index is 13.6. The van der Waals surface area contributed by atoms with Crippen LogP contribution in [0.2, 0.25) is 0 Å². The first-order chi connectivity index (χ1) is 7.95. The predicted molar refractivity (Wildman–Crippen MR) is 69.6 cm³/mol. The molecule has 0 spiro atoms. The summed E-state index contributed by atoms with van der Waals surface area (Å²) in [5.74, 6) is -0.105. The number of likely N-dealkylation sites (tertiary alicyclic amines) is 1. The number of hydrogen-bond donors (Lipinski definition) is 0. The predicted octanol–water partition coefficient (Wildman–Crippen LogP) is 3.72. The van der Waals surface area contributed by atoms with Gasteiger partial charge < -0.3 is 0 Å².